The minimum atomic E-state index is -4.60. The van der Waals surface area contributed by atoms with Gasteiger partial charge >= 0.3 is 6.18 Å². The number of H-pyrrole nitrogens is 1. The Morgan fingerprint density at radius 1 is 1.26 bits per heavy atom. The molecular weight excluding hydrogens is 463 g/mol. The number of carbonyl (C=O) groups excluding carboxylic acids is 1. The Morgan fingerprint density at radius 3 is 2.56 bits per heavy atom. The SMILES string of the molecule is CC(C)c1nn(CC(=O)NC(=N)/C=C\c2nc(C(F)F)c[nH]2)c(=O)c2ccc(C(F)(F)F)cc12. The topological polar surface area (TPSA) is 117 Å². The molecule has 0 atom stereocenters. The van der Waals surface area contributed by atoms with E-state index in [0.29, 0.717) is 0 Å². The summed E-state index contributed by atoms with van der Waals surface area (Å²) in [6, 6.07) is 2.69. The zero-order valence-electron chi connectivity index (χ0n) is 17.9. The molecule has 13 heteroatoms. The Kier molecular flexibility index (Phi) is 6.93. The number of benzene rings is 1. The lowest BCUT2D eigenvalue weighted by Crippen LogP contribution is -2.36. The fourth-order valence-corrected chi connectivity index (χ4v) is 3.10. The van der Waals surface area contributed by atoms with Crippen LogP contribution in [0, 0.1) is 5.41 Å². The minimum absolute atomic E-state index is 0.0258. The molecule has 3 aromatic rings. The minimum Gasteiger partial charge on any atom is -0.345 e. The van der Waals surface area contributed by atoms with Crippen molar-refractivity contribution in [2.45, 2.75) is 38.9 Å². The first-order chi connectivity index (χ1) is 15.9. The number of amides is 1. The molecule has 0 spiro atoms. The van der Waals surface area contributed by atoms with Gasteiger partial charge in [-0.15, -0.1) is 0 Å². The Labute approximate surface area is 189 Å². The van der Waals surface area contributed by atoms with Crippen LogP contribution in [0.1, 0.15) is 49.0 Å². The van der Waals surface area contributed by atoms with E-state index in [0.717, 1.165) is 35.2 Å². The molecule has 0 unspecified atom stereocenters. The van der Waals surface area contributed by atoms with E-state index in [4.69, 9.17) is 5.41 Å². The van der Waals surface area contributed by atoms with Gasteiger partial charge in [0.1, 0.15) is 23.9 Å². The normalized spacial score (nSPS) is 12.3. The molecular formula is C21H19F5N6O2. The van der Waals surface area contributed by atoms with Gasteiger partial charge in [-0.2, -0.15) is 18.3 Å². The smallest absolute Gasteiger partial charge is 0.345 e. The second kappa shape index (κ2) is 9.53. The van der Waals surface area contributed by atoms with E-state index in [-0.39, 0.29) is 28.2 Å². The molecule has 0 aliphatic carbocycles. The van der Waals surface area contributed by atoms with Gasteiger partial charge in [-0.3, -0.25) is 15.0 Å². The van der Waals surface area contributed by atoms with E-state index in [1.54, 1.807) is 13.8 Å². The number of aromatic nitrogens is 4. The molecule has 0 aliphatic heterocycles. The summed E-state index contributed by atoms with van der Waals surface area (Å²) >= 11 is 0. The summed E-state index contributed by atoms with van der Waals surface area (Å²) in [5.74, 6) is -1.51. The van der Waals surface area contributed by atoms with Crippen LogP contribution in [0.3, 0.4) is 0 Å². The number of fused-ring (bicyclic) bond motifs is 1. The van der Waals surface area contributed by atoms with Crippen LogP contribution >= 0.6 is 0 Å². The van der Waals surface area contributed by atoms with E-state index < -0.39 is 47.7 Å². The monoisotopic (exact) mass is 482 g/mol. The van der Waals surface area contributed by atoms with Crippen LogP contribution in [-0.2, 0) is 17.5 Å². The number of hydrogen-bond donors (Lipinski definition) is 3. The van der Waals surface area contributed by atoms with Crippen molar-refractivity contribution in [3.8, 4) is 0 Å². The quantitative estimate of drug-likeness (QED) is 0.280. The Bertz CT molecular complexity index is 1320. The lowest BCUT2D eigenvalue weighted by Gasteiger charge is -2.15. The molecule has 0 bridgehead atoms. The molecule has 8 nitrogen and oxygen atoms in total. The maximum Gasteiger partial charge on any atom is 0.416 e. The van der Waals surface area contributed by atoms with Crippen LogP contribution in [0.25, 0.3) is 16.8 Å². The summed E-state index contributed by atoms with van der Waals surface area (Å²) in [6.07, 6.45) is -4.05. The van der Waals surface area contributed by atoms with Gasteiger partial charge in [-0.05, 0) is 36.3 Å². The fourth-order valence-electron chi connectivity index (χ4n) is 3.10. The number of nitrogens with zero attached hydrogens (tertiary/aromatic N) is 3. The highest BCUT2D eigenvalue weighted by Crippen LogP contribution is 2.32. The summed E-state index contributed by atoms with van der Waals surface area (Å²) in [6.45, 7) is 2.78. The number of rotatable bonds is 6. The van der Waals surface area contributed by atoms with E-state index in [9.17, 15) is 31.5 Å². The lowest BCUT2D eigenvalue weighted by molar-refractivity contribution is -0.137. The van der Waals surface area contributed by atoms with Gasteiger partial charge in [-0.25, -0.2) is 18.4 Å². The average Bonchev–Trinajstić information content (AvgIpc) is 3.22. The van der Waals surface area contributed by atoms with Crippen molar-refractivity contribution in [2.24, 2.45) is 0 Å². The Balaban J connectivity index is 1.81. The molecule has 3 rings (SSSR count). The van der Waals surface area contributed by atoms with Crippen LogP contribution in [-0.4, -0.2) is 31.5 Å². The average molecular weight is 482 g/mol. The number of nitrogens with one attached hydrogen (secondary N) is 3. The number of carbonyl (C=O) groups is 1. The van der Waals surface area contributed by atoms with E-state index in [1.807, 2.05) is 0 Å². The van der Waals surface area contributed by atoms with Gasteiger partial charge in [0.15, 0.2) is 0 Å². The third-order valence-corrected chi connectivity index (χ3v) is 4.68. The lowest BCUT2D eigenvalue weighted by atomic mass is 10.0. The maximum atomic E-state index is 13.1. The number of imidazole rings is 1. The molecule has 34 heavy (non-hydrogen) atoms. The summed E-state index contributed by atoms with van der Waals surface area (Å²) in [4.78, 5) is 31.1. The van der Waals surface area contributed by atoms with Crippen LogP contribution in [0.4, 0.5) is 22.0 Å². The van der Waals surface area contributed by atoms with Gasteiger partial charge in [-0.1, -0.05) is 13.8 Å². The van der Waals surface area contributed by atoms with Crippen molar-refractivity contribution in [1.82, 2.24) is 25.1 Å². The highest BCUT2D eigenvalue weighted by molar-refractivity contribution is 6.04. The van der Waals surface area contributed by atoms with Gasteiger partial charge in [0.2, 0.25) is 5.91 Å². The number of halogens is 5. The van der Waals surface area contributed by atoms with Crippen molar-refractivity contribution in [1.29, 1.82) is 5.41 Å². The van der Waals surface area contributed by atoms with Gasteiger partial charge in [0.05, 0.1) is 16.6 Å². The first-order valence-corrected chi connectivity index (χ1v) is 9.88. The van der Waals surface area contributed by atoms with Crippen molar-refractivity contribution < 1.29 is 26.7 Å². The molecule has 2 heterocycles. The number of aromatic amines is 1. The maximum absolute atomic E-state index is 13.1. The molecule has 0 radical (unpaired) electrons. The van der Waals surface area contributed by atoms with Crippen molar-refractivity contribution in [2.75, 3.05) is 0 Å². The summed E-state index contributed by atoms with van der Waals surface area (Å²) in [5.41, 5.74) is -1.95. The largest absolute Gasteiger partial charge is 0.416 e. The number of hydrogen-bond acceptors (Lipinski definition) is 5. The molecule has 0 aliphatic rings. The highest BCUT2D eigenvalue weighted by atomic mass is 19.4. The zero-order valence-corrected chi connectivity index (χ0v) is 17.9. The number of alkyl halides is 5. The van der Waals surface area contributed by atoms with E-state index in [1.165, 1.54) is 6.08 Å². The van der Waals surface area contributed by atoms with Crippen molar-refractivity contribution >= 4 is 28.6 Å². The summed E-state index contributed by atoms with van der Waals surface area (Å²) in [5, 5.41) is 14.1. The standard InChI is InChI=1S/C21H19F5N6O2/c1-10(2)18-13-7-11(21(24,25)26)3-4-12(13)20(34)32(31-18)9-17(33)30-15(27)5-6-16-28-8-14(29-16)19(22)23/h3-8,10,19H,9H2,1-2H3,(H,28,29)(H2,27,30,33)/b6-5-. The predicted molar refractivity (Wildman–Crippen MR) is 114 cm³/mol. The first-order valence-electron chi connectivity index (χ1n) is 9.88. The van der Waals surface area contributed by atoms with Gasteiger partial charge < -0.3 is 10.3 Å². The van der Waals surface area contributed by atoms with Crippen LogP contribution in [0.5, 0.6) is 0 Å². The Hall–Kier alpha value is -3.90. The van der Waals surface area contributed by atoms with Crippen LogP contribution in [0.2, 0.25) is 0 Å². The van der Waals surface area contributed by atoms with E-state index >= 15 is 0 Å². The molecule has 1 amide bonds. The van der Waals surface area contributed by atoms with Crippen molar-refractivity contribution in [3.63, 3.8) is 0 Å². The molecule has 3 N–H and O–H groups in total. The van der Waals surface area contributed by atoms with Gasteiger partial charge in [0, 0.05) is 11.6 Å². The Morgan fingerprint density at radius 2 is 1.97 bits per heavy atom. The molecule has 0 saturated carbocycles. The molecule has 1 aromatic carbocycles. The zero-order chi connectivity index (χ0) is 25.2. The first kappa shape index (κ1) is 24.7. The molecule has 180 valence electrons. The summed E-state index contributed by atoms with van der Waals surface area (Å²) in [7, 11) is 0. The predicted octanol–water partition coefficient (Wildman–Crippen LogP) is 4.01. The van der Waals surface area contributed by atoms with Gasteiger partial charge in [0.25, 0.3) is 12.0 Å². The molecule has 0 fully saturated rings. The fraction of sp³-hybridized carbons (Fsp3) is 0.286. The van der Waals surface area contributed by atoms with Crippen molar-refractivity contribution in [3.05, 3.63) is 63.6 Å². The number of amidine groups is 1. The third kappa shape index (κ3) is 5.53. The van der Waals surface area contributed by atoms with Crippen LogP contribution in [0.15, 0.2) is 35.3 Å². The van der Waals surface area contributed by atoms with E-state index in [2.05, 4.69) is 20.4 Å². The second-order valence-corrected chi connectivity index (χ2v) is 7.57. The third-order valence-electron chi connectivity index (χ3n) is 4.68. The summed E-state index contributed by atoms with van der Waals surface area (Å²) < 4.78 is 65.2. The molecule has 2 aromatic heterocycles. The van der Waals surface area contributed by atoms with Crippen LogP contribution < -0.4 is 10.9 Å². The molecule has 0 saturated heterocycles. The second-order valence-electron chi connectivity index (χ2n) is 7.57. The highest BCUT2D eigenvalue weighted by Gasteiger charge is 2.31.